The Hall–Kier alpha value is -2.43. The van der Waals surface area contributed by atoms with Gasteiger partial charge in [-0.25, -0.2) is 9.18 Å². The van der Waals surface area contributed by atoms with Crippen LogP contribution in [-0.2, 0) is 22.4 Å². The minimum Gasteiger partial charge on any atom is -0.452 e. The number of nitrogens with one attached hydrogen (secondary N) is 1. The predicted octanol–water partition coefficient (Wildman–Crippen LogP) is 3.70. The van der Waals surface area contributed by atoms with E-state index in [1.54, 1.807) is 0 Å². The fourth-order valence-electron chi connectivity index (χ4n) is 2.64. The Morgan fingerprint density at radius 2 is 2.20 bits per heavy atom. The molecule has 5 nitrogen and oxygen atoms in total. The zero-order valence-corrected chi connectivity index (χ0v) is 14.5. The number of anilines is 1. The van der Waals surface area contributed by atoms with E-state index in [1.165, 1.54) is 17.4 Å². The van der Waals surface area contributed by atoms with E-state index in [0.29, 0.717) is 10.6 Å². The lowest BCUT2D eigenvalue weighted by Crippen LogP contribution is -2.21. The molecule has 0 bridgehead atoms. The molecule has 2 aromatic rings. The van der Waals surface area contributed by atoms with E-state index in [4.69, 9.17) is 16.3 Å². The van der Waals surface area contributed by atoms with E-state index in [2.05, 4.69) is 11.4 Å². The van der Waals surface area contributed by atoms with Gasteiger partial charge in [-0.2, -0.15) is 5.26 Å². The van der Waals surface area contributed by atoms with Crippen molar-refractivity contribution in [3.8, 4) is 6.07 Å². The standard InChI is InChI=1S/C17H12ClFN2O3S/c18-13-6-9(19)4-5-11(13)17(23)24-8-15(22)21-16-12(7-20)10-2-1-3-14(10)25-16/h4-6H,1-3,8H2,(H,21,22). The molecule has 0 radical (unpaired) electrons. The van der Waals surface area contributed by atoms with E-state index in [-0.39, 0.29) is 10.6 Å². The highest BCUT2D eigenvalue weighted by Crippen LogP contribution is 2.38. The van der Waals surface area contributed by atoms with Crippen LogP contribution in [0.5, 0.6) is 0 Å². The van der Waals surface area contributed by atoms with Crippen LogP contribution in [0.2, 0.25) is 5.02 Å². The van der Waals surface area contributed by atoms with E-state index in [0.717, 1.165) is 41.8 Å². The van der Waals surface area contributed by atoms with Crippen molar-refractivity contribution in [2.45, 2.75) is 19.3 Å². The molecule has 0 spiro atoms. The molecular formula is C17H12ClFN2O3S. The molecule has 25 heavy (non-hydrogen) atoms. The van der Waals surface area contributed by atoms with Crippen LogP contribution in [0.3, 0.4) is 0 Å². The number of carbonyl (C=O) groups excluding carboxylic acids is 2. The fourth-order valence-corrected chi connectivity index (χ4v) is 4.14. The quantitative estimate of drug-likeness (QED) is 0.823. The van der Waals surface area contributed by atoms with Crippen LogP contribution in [0.25, 0.3) is 0 Å². The van der Waals surface area contributed by atoms with Gasteiger partial charge in [0.2, 0.25) is 0 Å². The summed E-state index contributed by atoms with van der Waals surface area (Å²) < 4.78 is 17.9. The summed E-state index contributed by atoms with van der Waals surface area (Å²) >= 11 is 7.15. The van der Waals surface area contributed by atoms with Crippen molar-refractivity contribution < 1.29 is 18.7 Å². The topological polar surface area (TPSA) is 79.2 Å². The second kappa shape index (κ2) is 7.21. The number of esters is 1. The Kier molecular flexibility index (Phi) is 5.02. The van der Waals surface area contributed by atoms with Crippen LogP contribution in [0.4, 0.5) is 9.39 Å². The molecule has 1 aromatic heterocycles. The number of halogens is 2. The summed E-state index contributed by atoms with van der Waals surface area (Å²) in [6.07, 6.45) is 2.76. The van der Waals surface area contributed by atoms with Crippen molar-refractivity contribution in [2.75, 3.05) is 11.9 Å². The maximum absolute atomic E-state index is 13.0. The highest BCUT2D eigenvalue weighted by molar-refractivity contribution is 7.16. The number of hydrogen-bond donors (Lipinski definition) is 1. The van der Waals surface area contributed by atoms with Gasteiger partial charge < -0.3 is 10.1 Å². The zero-order valence-electron chi connectivity index (χ0n) is 12.9. The van der Waals surface area contributed by atoms with E-state index >= 15 is 0 Å². The number of fused-ring (bicyclic) bond motifs is 1. The van der Waals surface area contributed by atoms with Gasteiger partial charge in [0.05, 0.1) is 16.1 Å². The summed E-state index contributed by atoms with van der Waals surface area (Å²) in [5.41, 5.74) is 1.46. The van der Waals surface area contributed by atoms with Crippen molar-refractivity contribution in [1.82, 2.24) is 0 Å². The monoisotopic (exact) mass is 378 g/mol. The van der Waals surface area contributed by atoms with Crippen LogP contribution < -0.4 is 5.32 Å². The number of nitrogens with zero attached hydrogens (tertiary/aromatic N) is 1. The van der Waals surface area contributed by atoms with Gasteiger partial charge in [-0.15, -0.1) is 11.3 Å². The molecule has 0 aliphatic heterocycles. The molecule has 1 aliphatic rings. The van der Waals surface area contributed by atoms with Crippen molar-refractivity contribution >= 4 is 39.8 Å². The number of carbonyl (C=O) groups is 2. The molecule has 1 heterocycles. The average Bonchev–Trinajstić information content (AvgIpc) is 3.13. The minimum absolute atomic E-state index is 0.0244. The lowest BCUT2D eigenvalue weighted by Gasteiger charge is -2.07. The number of nitriles is 1. The van der Waals surface area contributed by atoms with Gasteiger partial charge in [0.1, 0.15) is 16.9 Å². The number of rotatable bonds is 4. The molecule has 0 fully saturated rings. The summed E-state index contributed by atoms with van der Waals surface area (Å²) in [5, 5.41) is 12.3. The van der Waals surface area contributed by atoms with E-state index in [9.17, 15) is 19.2 Å². The first kappa shape index (κ1) is 17.4. The number of benzene rings is 1. The summed E-state index contributed by atoms with van der Waals surface area (Å²) in [6, 6.07) is 5.38. The Bertz CT molecular complexity index is 904. The Labute approximate surface area is 152 Å². The number of thiophene rings is 1. The molecule has 0 atom stereocenters. The highest BCUT2D eigenvalue weighted by Gasteiger charge is 2.23. The average molecular weight is 379 g/mol. The van der Waals surface area contributed by atoms with Crippen LogP contribution in [-0.4, -0.2) is 18.5 Å². The molecule has 0 saturated heterocycles. The molecule has 0 unspecified atom stereocenters. The Balaban J connectivity index is 1.62. The van der Waals surface area contributed by atoms with Crippen molar-refractivity contribution in [3.05, 3.63) is 50.6 Å². The van der Waals surface area contributed by atoms with Crippen molar-refractivity contribution in [1.29, 1.82) is 5.26 Å². The van der Waals surface area contributed by atoms with E-state index < -0.39 is 24.3 Å². The number of amides is 1. The van der Waals surface area contributed by atoms with Crippen molar-refractivity contribution in [2.24, 2.45) is 0 Å². The lowest BCUT2D eigenvalue weighted by atomic mass is 10.1. The fraction of sp³-hybridized carbons (Fsp3) is 0.235. The third-order valence-corrected chi connectivity index (χ3v) is 5.29. The SMILES string of the molecule is N#Cc1c(NC(=O)COC(=O)c2ccc(F)cc2Cl)sc2c1CCC2. The van der Waals surface area contributed by atoms with Gasteiger partial charge in [-0.05, 0) is 43.0 Å². The maximum Gasteiger partial charge on any atom is 0.340 e. The number of ether oxygens (including phenoxy) is 1. The van der Waals surface area contributed by atoms with Crippen molar-refractivity contribution in [3.63, 3.8) is 0 Å². The van der Waals surface area contributed by atoms with Crippen LogP contribution in [0.15, 0.2) is 18.2 Å². The minimum atomic E-state index is -0.825. The normalized spacial score (nSPS) is 12.4. The van der Waals surface area contributed by atoms with Crippen LogP contribution in [0.1, 0.15) is 32.8 Å². The third kappa shape index (κ3) is 3.65. The van der Waals surface area contributed by atoms with Gasteiger partial charge >= 0.3 is 5.97 Å². The largest absolute Gasteiger partial charge is 0.452 e. The summed E-state index contributed by atoms with van der Waals surface area (Å²) in [7, 11) is 0. The summed E-state index contributed by atoms with van der Waals surface area (Å²) in [4.78, 5) is 25.0. The third-order valence-electron chi connectivity index (χ3n) is 3.77. The maximum atomic E-state index is 13.0. The molecule has 8 heteroatoms. The zero-order chi connectivity index (χ0) is 18.0. The smallest absolute Gasteiger partial charge is 0.340 e. The molecular weight excluding hydrogens is 367 g/mol. The molecule has 1 amide bonds. The molecule has 128 valence electrons. The first-order valence-electron chi connectivity index (χ1n) is 7.46. The van der Waals surface area contributed by atoms with Crippen LogP contribution in [0, 0.1) is 17.1 Å². The van der Waals surface area contributed by atoms with Gasteiger partial charge in [0.15, 0.2) is 6.61 Å². The summed E-state index contributed by atoms with van der Waals surface area (Å²) in [5.74, 6) is -1.95. The predicted molar refractivity (Wildman–Crippen MR) is 91.4 cm³/mol. The molecule has 0 saturated carbocycles. The number of hydrogen-bond acceptors (Lipinski definition) is 5. The lowest BCUT2D eigenvalue weighted by molar-refractivity contribution is -0.119. The molecule has 1 aliphatic carbocycles. The molecule has 1 aromatic carbocycles. The summed E-state index contributed by atoms with van der Waals surface area (Å²) in [6.45, 7) is -0.528. The van der Waals surface area contributed by atoms with Gasteiger partial charge in [0.25, 0.3) is 5.91 Å². The van der Waals surface area contributed by atoms with E-state index in [1.807, 2.05) is 0 Å². The Morgan fingerprint density at radius 3 is 2.92 bits per heavy atom. The van der Waals surface area contributed by atoms with Crippen LogP contribution >= 0.6 is 22.9 Å². The second-order valence-electron chi connectivity index (χ2n) is 5.42. The first-order chi connectivity index (χ1) is 12.0. The van der Waals surface area contributed by atoms with Gasteiger partial charge in [-0.3, -0.25) is 4.79 Å². The van der Waals surface area contributed by atoms with Gasteiger partial charge in [-0.1, -0.05) is 11.6 Å². The first-order valence-corrected chi connectivity index (χ1v) is 8.65. The van der Waals surface area contributed by atoms with Gasteiger partial charge in [0, 0.05) is 4.88 Å². The Morgan fingerprint density at radius 1 is 1.40 bits per heavy atom. The highest BCUT2D eigenvalue weighted by atomic mass is 35.5. The number of aryl methyl sites for hydroxylation is 1. The molecule has 1 N–H and O–H groups in total. The second-order valence-corrected chi connectivity index (χ2v) is 6.93. The molecule has 3 rings (SSSR count).